The highest BCUT2D eigenvalue weighted by Gasteiger charge is 2.45. The molecule has 1 saturated heterocycles. The quantitative estimate of drug-likeness (QED) is 0.634. The number of nitrogens with one attached hydrogen (secondary N) is 1. The summed E-state index contributed by atoms with van der Waals surface area (Å²) in [5, 5.41) is 0.878. The van der Waals surface area contributed by atoms with Gasteiger partial charge in [0.1, 0.15) is 11.9 Å². The normalized spacial score (nSPS) is 16.1. The zero-order valence-electron chi connectivity index (χ0n) is 16.0. The Kier molecular flexibility index (Phi) is 5.72. The number of hydrogen-bond donors (Lipinski definition) is 1. The summed E-state index contributed by atoms with van der Waals surface area (Å²) in [5.74, 6) is -3.27. The first-order valence-corrected chi connectivity index (χ1v) is 9.14. The van der Waals surface area contributed by atoms with Crippen LogP contribution in [0.15, 0.2) is 48.5 Å². The van der Waals surface area contributed by atoms with Crippen LogP contribution in [0.2, 0.25) is 0 Å². The van der Waals surface area contributed by atoms with E-state index in [0.717, 1.165) is 16.6 Å². The van der Waals surface area contributed by atoms with Crippen LogP contribution in [0.1, 0.15) is 35.7 Å². The number of para-hydroxylation sites is 1. The fourth-order valence-corrected chi connectivity index (χ4v) is 3.07. The van der Waals surface area contributed by atoms with E-state index in [2.05, 4.69) is 5.43 Å². The second-order valence-corrected chi connectivity index (χ2v) is 6.66. The average molecular weight is 397 g/mol. The van der Waals surface area contributed by atoms with Gasteiger partial charge in [-0.25, -0.2) is 14.3 Å². The Balaban J connectivity index is 1.87. The summed E-state index contributed by atoms with van der Waals surface area (Å²) < 4.78 is 14.1. The van der Waals surface area contributed by atoms with Crippen molar-refractivity contribution in [2.45, 2.75) is 32.7 Å². The number of carbonyl (C=O) groups is 4. The van der Waals surface area contributed by atoms with E-state index in [9.17, 15) is 23.6 Å². The van der Waals surface area contributed by atoms with Gasteiger partial charge in [-0.05, 0) is 31.2 Å². The van der Waals surface area contributed by atoms with E-state index >= 15 is 0 Å². The molecule has 29 heavy (non-hydrogen) atoms. The second kappa shape index (κ2) is 8.22. The van der Waals surface area contributed by atoms with Gasteiger partial charge >= 0.3 is 0 Å². The topological polar surface area (TPSA) is 86.8 Å². The predicted molar refractivity (Wildman–Crippen MR) is 103 cm³/mol. The first kappa shape index (κ1) is 20.2. The number of rotatable bonds is 4. The summed E-state index contributed by atoms with van der Waals surface area (Å²) in [6.07, 6.45) is -0.348. The number of nitrogens with zero attached hydrogens (tertiary/aromatic N) is 2. The van der Waals surface area contributed by atoms with Gasteiger partial charge in [-0.2, -0.15) is 0 Å². The molecule has 0 radical (unpaired) electrons. The molecule has 0 spiro atoms. The van der Waals surface area contributed by atoms with Crippen LogP contribution in [0.3, 0.4) is 0 Å². The summed E-state index contributed by atoms with van der Waals surface area (Å²) in [5.41, 5.74) is 3.51. The highest BCUT2D eigenvalue weighted by molar-refractivity contribution is 6.23. The molecule has 1 aliphatic heterocycles. The summed E-state index contributed by atoms with van der Waals surface area (Å²) in [7, 11) is 0. The van der Waals surface area contributed by atoms with E-state index in [1.165, 1.54) is 18.2 Å². The monoisotopic (exact) mass is 397 g/mol. The van der Waals surface area contributed by atoms with Gasteiger partial charge in [-0.15, -0.1) is 0 Å². The molecule has 0 bridgehead atoms. The average Bonchev–Trinajstić information content (AvgIpc) is 3.00. The lowest BCUT2D eigenvalue weighted by molar-refractivity contribution is -0.140. The van der Waals surface area contributed by atoms with Gasteiger partial charge in [-0.1, -0.05) is 36.8 Å². The lowest BCUT2D eigenvalue weighted by Crippen LogP contribution is -2.54. The molecular formula is C21H20FN3O4. The molecule has 0 saturated carbocycles. The summed E-state index contributed by atoms with van der Waals surface area (Å²) in [6.45, 7) is 3.44. The van der Waals surface area contributed by atoms with Crippen LogP contribution < -0.4 is 10.3 Å². The maximum Gasteiger partial charge on any atom is 0.269 e. The van der Waals surface area contributed by atoms with Crippen molar-refractivity contribution in [1.29, 1.82) is 0 Å². The third kappa shape index (κ3) is 4.01. The van der Waals surface area contributed by atoms with Crippen molar-refractivity contribution in [3.63, 3.8) is 0 Å². The summed E-state index contributed by atoms with van der Waals surface area (Å²) in [4.78, 5) is 51.0. The maximum absolute atomic E-state index is 14.1. The molecule has 2 aromatic carbocycles. The molecule has 1 aliphatic rings. The minimum atomic E-state index is -1.25. The molecule has 1 unspecified atom stereocenters. The van der Waals surface area contributed by atoms with Crippen LogP contribution in [0.4, 0.5) is 10.1 Å². The number of aryl methyl sites for hydroxylation is 1. The van der Waals surface area contributed by atoms with Gasteiger partial charge in [-0.3, -0.25) is 24.6 Å². The smallest absolute Gasteiger partial charge is 0.269 e. The second-order valence-electron chi connectivity index (χ2n) is 6.66. The molecule has 0 aromatic heterocycles. The van der Waals surface area contributed by atoms with Gasteiger partial charge in [0, 0.05) is 12.0 Å². The van der Waals surface area contributed by atoms with Crippen LogP contribution in [0.25, 0.3) is 0 Å². The number of hydrogen-bond acceptors (Lipinski definition) is 4. The highest BCUT2D eigenvalue weighted by atomic mass is 19.1. The Morgan fingerprint density at radius 3 is 2.41 bits per heavy atom. The SMILES string of the molecule is CCC(=O)N(NC(=O)c1ccc(C)cc1)C1CC(=O)N(c2ccccc2F)C1=O. The number of imide groups is 1. The first-order valence-electron chi connectivity index (χ1n) is 9.14. The number of anilines is 1. The van der Waals surface area contributed by atoms with Crippen LogP contribution in [0, 0.1) is 12.7 Å². The van der Waals surface area contributed by atoms with Gasteiger partial charge in [0.25, 0.3) is 11.8 Å². The van der Waals surface area contributed by atoms with Crippen molar-refractivity contribution >= 4 is 29.3 Å². The van der Waals surface area contributed by atoms with E-state index < -0.39 is 35.5 Å². The van der Waals surface area contributed by atoms with Crippen molar-refractivity contribution in [2.24, 2.45) is 0 Å². The fourth-order valence-electron chi connectivity index (χ4n) is 3.07. The van der Waals surface area contributed by atoms with E-state index in [4.69, 9.17) is 0 Å². The van der Waals surface area contributed by atoms with Crippen molar-refractivity contribution in [3.05, 3.63) is 65.5 Å². The summed E-state index contributed by atoms with van der Waals surface area (Å²) in [6, 6.07) is 10.8. The molecule has 7 nitrogen and oxygen atoms in total. The molecule has 4 amide bonds. The van der Waals surface area contributed by atoms with Gasteiger partial charge < -0.3 is 0 Å². The molecule has 8 heteroatoms. The summed E-state index contributed by atoms with van der Waals surface area (Å²) >= 11 is 0. The van der Waals surface area contributed by atoms with E-state index in [0.29, 0.717) is 10.5 Å². The van der Waals surface area contributed by atoms with Crippen molar-refractivity contribution < 1.29 is 23.6 Å². The molecule has 1 N–H and O–H groups in total. The zero-order chi connectivity index (χ0) is 21.1. The van der Waals surface area contributed by atoms with Crippen molar-refractivity contribution in [3.8, 4) is 0 Å². The number of benzene rings is 2. The van der Waals surface area contributed by atoms with Gasteiger partial charge in [0.2, 0.25) is 11.8 Å². The number of hydrazine groups is 1. The molecule has 150 valence electrons. The van der Waals surface area contributed by atoms with Crippen molar-refractivity contribution in [1.82, 2.24) is 10.4 Å². The standard InChI is InChI=1S/C21H20FN3O4/c1-3-18(26)25(23-20(28)14-10-8-13(2)9-11-14)17-12-19(27)24(21(17)29)16-7-5-4-6-15(16)22/h4-11,17H,3,12H2,1-2H3,(H,23,28). The van der Waals surface area contributed by atoms with Crippen LogP contribution in [0.5, 0.6) is 0 Å². The molecule has 3 rings (SSSR count). The van der Waals surface area contributed by atoms with E-state index in [-0.39, 0.29) is 18.5 Å². The lowest BCUT2D eigenvalue weighted by Gasteiger charge is -2.27. The highest BCUT2D eigenvalue weighted by Crippen LogP contribution is 2.27. The minimum Gasteiger partial charge on any atom is -0.274 e. The van der Waals surface area contributed by atoms with Gasteiger partial charge in [0.15, 0.2) is 0 Å². The third-order valence-electron chi connectivity index (χ3n) is 4.63. The van der Waals surface area contributed by atoms with Crippen LogP contribution >= 0.6 is 0 Å². The third-order valence-corrected chi connectivity index (χ3v) is 4.63. The first-order chi connectivity index (χ1) is 13.8. The van der Waals surface area contributed by atoms with Crippen LogP contribution in [-0.4, -0.2) is 34.7 Å². The lowest BCUT2D eigenvalue weighted by atomic mass is 10.1. The molecule has 1 atom stereocenters. The molecule has 2 aromatic rings. The minimum absolute atomic E-state index is 0.00580. The zero-order valence-corrected chi connectivity index (χ0v) is 16.0. The number of amides is 4. The Labute approximate surface area is 167 Å². The predicted octanol–water partition coefficient (Wildman–Crippen LogP) is 2.35. The fraction of sp³-hybridized carbons (Fsp3) is 0.238. The number of halogens is 1. The molecular weight excluding hydrogens is 377 g/mol. The van der Waals surface area contributed by atoms with E-state index in [1.807, 2.05) is 6.92 Å². The Morgan fingerprint density at radius 1 is 1.14 bits per heavy atom. The Bertz CT molecular complexity index is 974. The largest absolute Gasteiger partial charge is 0.274 e. The van der Waals surface area contributed by atoms with Gasteiger partial charge in [0.05, 0.1) is 12.1 Å². The van der Waals surface area contributed by atoms with Crippen LogP contribution in [-0.2, 0) is 14.4 Å². The molecule has 1 heterocycles. The van der Waals surface area contributed by atoms with Crippen molar-refractivity contribution in [2.75, 3.05) is 4.90 Å². The molecule has 1 fully saturated rings. The Morgan fingerprint density at radius 2 is 1.79 bits per heavy atom. The molecule has 0 aliphatic carbocycles. The Hall–Kier alpha value is -3.55. The number of carbonyl (C=O) groups excluding carboxylic acids is 4. The maximum atomic E-state index is 14.1. The van der Waals surface area contributed by atoms with E-state index in [1.54, 1.807) is 31.2 Å².